The molecule has 0 aliphatic carbocycles. The quantitative estimate of drug-likeness (QED) is 0.279. The summed E-state index contributed by atoms with van der Waals surface area (Å²) in [5, 5.41) is 8.49. The fourth-order valence-corrected chi connectivity index (χ4v) is 2.21. The Morgan fingerprint density at radius 3 is 1.68 bits per heavy atom. The van der Waals surface area contributed by atoms with E-state index in [2.05, 4.69) is 37.3 Å². The lowest BCUT2D eigenvalue weighted by atomic mass is 10.1. The molecule has 126 valence electrons. The van der Waals surface area contributed by atoms with Gasteiger partial charge in [-0.1, -0.05) is 62.6 Å². The van der Waals surface area contributed by atoms with Gasteiger partial charge in [0.2, 0.25) is 0 Å². The predicted octanol–water partition coefficient (Wildman–Crippen LogP) is 6.44. The molecule has 22 heavy (non-hydrogen) atoms. The molecule has 0 aliphatic heterocycles. The summed E-state index contributed by atoms with van der Waals surface area (Å²) in [5.41, 5.74) is 0. The zero-order valence-electron chi connectivity index (χ0n) is 14.3. The van der Waals surface area contributed by atoms with Crippen LogP contribution < -0.4 is 0 Å². The van der Waals surface area contributed by atoms with E-state index < -0.39 is 5.97 Å². The van der Waals surface area contributed by atoms with E-state index in [-0.39, 0.29) is 6.42 Å². The maximum atomic E-state index is 10.3. The number of allylic oxidation sites excluding steroid dienone is 6. The number of aliphatic carboxylic acids is 1. The van der Waals surface area contributed by atoms with Crippen LogP contribution in [-0.4, -0.2) is 11.1 Å². The molecule has 0 amide bonds. The van der Waals surface area contributed by atoms with Crippen LogP contribution in [0.1, 0.15) is 84.0 Å². The molecule has 0 radical (unpaired) electrons. The van der Waals surface area contributed by atoms with Gasteiger partial charge in [-0.05, 0) is 51.4 Å². The number of hydrogen-bond acceptors (Lipinski definition) is 1. The van der Waals surface area contributed by atoms with Crippen molar-refractivity contribution in [2.24, 2.45) is 0 Å². The molecule has 0 unspecified atom stereocenters. The molecule has 0 aromatic carbocycles. The highest BCUT2D eigenvalue weighted by Gasteiger charge is 1.91. The van der Waals surface area contributed by atoms with Gasteiger partial charge in [0.25, 0.3) is 0 Å². The smallest absolute Gasteiger partial charge is 0.303 e. The topological polar surface area (TPSA) is 37.3 Å². The van der Waals surface area contributed by atoms with Crippen molar-refractivity contribution >= 4 is 5.97 Å². The van der Waals surface area contributed by atoms with Gasteiger partial charge >= 0.3 is 5.97 Å². The molecule has 2 heteroatoms. The summed E-state index contributed by atoms with van der Waals surface area (Å²) < 4.78 is 0. The zero-order chi connectivity index (χ0) is 16.3. The lowest BCUT2D eigenvalue weighted by molar-refractivity contribution is -0.136. The first-order chi connectivity index (χ1) is 10.8. The molecule has 0 spiro atoms. The first kappa shape index (κ1) is 20.7. The Morgan fingerprint density at radius 2 is 1.14 bits per heavy atom. The molecule has 0 atom stereocenters. The van der Waals surface area contributed by atoms with Crippen LogP contribution in [0.25, 0.3) is 0 Å². The fraction of sp³-hybridized carbons (Fsp3) is 0.650. The highest BCUT2D eigenvalue weighted by molar-refractivity contribution is 5.66. The molecule has 0 aromatic heterocycles. The van der Waals surface area contributed by atoms with Crippen molar-refractivity contribution in [3.8, 4) is 0 Å². The third-order valence-corrected chi connectivity index (χ3v) is 3.50. The number of rotatable bonds is 15. The normalized spacial score (nSPS) is 12.0. The summed E-state index contributed by atoms with van der Waals surface area (Å²) in [6, 6.07) is 0. The Balaban J connectivity index is 3.21. The molecular formula is C20H34O2. The summed E-state index contributed by atoms with van der Waals surface area (Å²) in [6.07, 6.45) is 26.4. The molecule has 0 saturated carbocycles. The Hall–Kier alpha value is -1.31. The van der Waals surface area contributed by atoms with E-state index in [9.17, 15) is 4.79 Å². The largest absolute Gasteiger partial charge is 0.481 e. The molecule has 0 saturated heterocycles. The molecule has 0 aromatic rings. The van der Waals surface area contributed by atoms with Crippen molar-refractivity contribution in [3.05, 3.63) is 36.5 Å². The predicted molar refractivity (Wildman–Crippen MR) is 96.1 cm³/mol. The number of carboxylic acids is 1. The first-order valence-electron chi connectivity index (χ1n) is 8.94. The van der Waals surface area contributed by atoms with E-state index in [1.165, 1.54) is 44.9 Å². The van der Waals surface area contributed by atoms with Crippen LogP contribution in [0.15, 0.2) is 36.5 Å². The maximum absolute atomic E-state index is 10.3. The maximum Gasteiger partial charge on any atom is 0.303 e. The Labute approximate surface area is 137 Å². The minimum absolute atomic E-state index is 0.237. The minimum atomic E-state index is -0.720. The van der Waals surface area contributed by atoms with E-state index in [1.807, 2.05) is 6.08 Å². The summed E-state index contributed by atoms with van der Waals surface area (Å²) >= 11 is 0. The number of unbranched alkanes of at least 4 members (excludes halogenated alkanes) is 7. The van der Waals surface area contributed by atoms with Gasteiger partial charge in [-0.3, -0.25) is 4.79 Å². The highest BCUT2D eigenvalue weighted by Crippen LogP contribution is 2.08. The molecule has 0 aliphatic rings. The monoisotopic (exact) mass is 306 g/mol. The second kappa shape index (κ2) is 17.7. The highest BCUT2D eigenvalue weighted by atomic mass is 16.4. The minimum Gasteiger partial charge on any atom is -0.481 e. The van der Waals surface area contributed by atoms with Crippen LogP contribution in [0.4, 0.5) is 0 Å². The van der Waals surface area contributed by atoms with Gasteiger partial charge in [0.05, 0.1) is 0 Å². The fourth-order valence-electron chi connectivity index (χ4n) is 2.21. The average molecular weight is 306 g/mol. The van der Waals surface area contributed by atoms with Crippen LogP contribution in [0, 0.1) is 0 Å². The van der Waals surface area contributed by atoms with Crippen molar-refractivity contribution in [3.63, 3.8) is 0 Å². The Morgan fingerprint density at radius 1 is 0.682 bits per heavy atom. The summed E-state index contributed by atoms with van der Waals surface area (Å²) in [4.78, 5) is 10.3. The molecule has 2 nitrogen and oxygen atoms in total. The van der Waals surface area contributed by atoms with E-state index in [0.29, 0.717) is 6.42 Å². The summed E-state index contributed by atoms with van der Waals surface area (Å²) in [5.74, 6) is -0.720. The van der Waals surface area contributed by atoms with Crippen LogP contribution in [0.5, 0.6) is 0 Å². The summed E-state index contributed by atoms with van der Waals surface area (Å²) in [6.45, 7) is 2.18. The van der Waals surface area contributed by atoms with Crippen LogP contribution >= 0.6 is 0 Å². The second-order valence-corrected chi connectivity index (χ2v) is 5.68. The molecular weight excluding hydrogens is 272 g/mol. The lowest BCUT2D eigenvalue weighted by Crippen LogP contribution is -1.91. The van der Waals surface area contributed by atoms with Crippen molar-refractivity contribution in [2.75, 3.05) is 0 Å². The number of carbonyl (C=O) groups is 1. The van der Waals surface area contributed by atoms with Gasteiger partial charge in [-0.15, -0.1) is 0 Å². The summed E-state index contributed by atoms with van der Waals surface area (Å²) in [7, 11) is 0. The van der Waals surface area contributed by atoms with Crippen molar-refractivity contribution in [1.29, 1.82) is 0 Å². The van der Waals surface area contributed by atoms with Crippen molar-refractivity contribution < 1.29 is 9.90 Å². The van der Waals surface area contributed by atoms with Gasteiger partial charge in [-0.25, -0.2) is 0 Å². The third kappa shape index (κ3) is 18.7. The van der Waals surface area contributed by atoms with Crippen molar-refractivity contribution in [2.45, 2.75) is 84.0 Å². The molecule has 0 heterocycles. The van der Waals surface area contributed by atoms with Gasteiger partial charge in [0, 0.05) is 6.42 Å². The van der Waals surface area contributed by atoms with Crippen LogP contribution in [0.3, 0.4) is 0 Å². The molecule has 1 N–H and O–H groups in total. The molecule has 0 rings (SSSR count). The zero-order valence-corrected chi connectivity index (χ0v) is 14.3. The Bertz CT molecular complexity index is 327. The number of carboxylic acid groups (broad SMARTS) is 1. The molecule has 0 fully saturated rings. The van der Waals surface area contributed by atoms with E-state index >= 15 is 0 Å². The average Bonchev–Trinajstić information content (AvgIpc) is 2.50. The standard InChI is InChI=1S/C20H34O2/c1-2-3-4-5-6-7-8-9-10-11-12-13-14-15-16-17-18-19-20(21)22/h3-4,12-13,16-17H,2,5-11,14-15,18-19H2,1H3,(H,21,22). The van der Waals surface area contributed by atoms with Crippen LogP contribution in [0.2, 0.25) is 0 Å². The SMILES string of the molecule is CCC=CCCCCCCCC=CCCC=CCCC(=O)O. The second-order valence-electron chi connectivity index (χ2n) is 5.68. The van der Waals surface area contributed by atoms with Gasteiger partial charge in [-0.2, -0.15) is 0 Å². The third-order valence-electron chi connectivity index (χ3n) is 3.50. The van der Waals surface area contributed by atoms with Gasteiger partial charge in [0.1, 0.15) is 0 Å². The Kier molecular flexibility index (Phi) is 16.7. The van der Waals surface area contributed by atoms with Gasteiger partial charge < -0.3 is 5.11 Å². The van der Waals surface area contributed by atoms with E-state index in [0.717, 1.165) is 19.3 Å². The first-order valence-corrected chi connectivity index (χ1v) is 8.94. The molecule has 0 bridgehead atoms. The lowest BCUT2D eigenvalue weighted by Gasteiger charge is -1.98. The van der Waals surface area contributed by atoms with Gasteiger partial charge in [0.15, 0.2) is 0 Å². The van der Waals surface area contributed by atoms with E-state index in [4.69, 9.17) is 5.11 Å². The van der Waals surface area contributed by atoms with Crippen LogP contribution in [-0.2, 0) is 4.79 Å². The number of hydrogen-bond donors (Lipinski definition) is 1. The van der Waals surface area contributed by atoms with E-state index in [1.54, 1.807) is 0 Å². The van der Waals surface area contributed by atoms with Crippen molar-refractivity contribution in [1.82, 2.24) is 0 Å².